The van der Waals surface area contributed by atoms with E-state index in [1.165, 1.54) is 32.0 Å². The maximum Gasteiger partial charge on any atom is 0.407 e. The number of carbonyl (C=O) groups excluding carboxylic acids is 11. The van der Waals surface area contributed by atoms with E-state index in [0.717, 1.165) is 4.90 Å². The van der Waals surface area contributed by atoms with Crippen LogP contribution in [0.25, 0.3) is 10.9 Å². The van der Waals surface area contributed by atoms with E-state index in [1.807, 2.05) is 0 Å². The zero-order valence-corrected chi connectivity index (χ0v) is 42.8. The molecule has 4 heterocycles. The Hall–Kier alpha value is -7.20. The molecule has 5 rings (SSSR count). The van der Waals surface area contributed by atoms with E-state index in [4.69, 9.17) is 10.5 Å². The van der Waals surface area contributed by atoms with Crippen LogP contribution >= 0.6 is 0 Å². The van der Waals surface area contributed by atoms with Crippen molar-refractivity contribution < 1.29 is 77.0 Å². The van der Waals surface area contributed by atoms with Gasteiger partial charge < -0.3 is 83.0 Å². The number of rotatable bonds is 14. The van der Waals surface area contributed by atoms with Crippen molar-refractivity contribution in [3.05, 3.63) is 23.8 Å². The van der Waals surface area contributed by atoms with E-state index in [9.17, 15) is 72.3 Å². The van der Waals surface area contributed by atoms with Crippen molar-refractivity contribution in [2.45, 2.75) is 133 Å². The number of fused-ring (bicyclic) bond motifs is 5. The lowest BCUT2D eigenvalue weighted by molar-refractivity contribution is -0.144. The number of aromatic amines is 1. The number of alkyl carbamates (subject to hydrolysis) is 1. The lowest BCUT2D eigenvalue weighted by Crippen LogP contribution is -2.62. The SMILES string of the molecule is CCC(C)C1NC(=O)CNC(=O)C2Cc3c([nH]c4cc(O)ccc34)S(=O)CC(NC(=O)CNC1=O)C(=O)NC(CC(N)=O)C(=O)N1CC(O)CC1C(=O)NC(C(C)C(O)COC(=O)NCCCCCC(C)=O)C(=O)N2. The van der Waals surface area contributed by atoms with Crippen molar-refractivity contribution in [1.29, 1.82) is 0 Å². The Kier molecular flexibility index (Phi) is 21.0. The molecule has 0 radical (unpaired) electrons. The number of hydrogen-bond donors (Lipinski definition) is 13. The van der Waals surface area contributed by atoms with Crippen LogP contribution in [0.3, 0.4) is 0 Å². The standard InChI is InChI=1S/C47H67N11O16S/c1-5-22(2)38-43(69)51-17-36(64)52-32-21-75(73)45-28(27-11-10-25(60)13-29(27)55-45)15-30(40(66)50-18-37(65)56-38)53-44(70)39(24(4)34(62)20-74-47(72)49-12-8-6-7-9-23(3)59)57-42(68)33-14-26(61)19-58(33)46(71)31(16-35(48)63)54-41(32)67/h10-11,13,22,24,26,30-34,38-39,55,60-62H,5-9,12,14-21H2,1-4H3,(H2,48,63)(H,49,72)(H,50,66)(H,51,69)(H,52,64)(H,53,70)(H,54,67)(H,56,65)(H,57,68). The number of aromatic nitrogens is 1. The molecule has 1 saturated heterocycles. The molecule has 2 bridgehead atoms. The first kappa shape index (κ1) is 58.7. The van der Waals surface area contributed by atoms with Crippen molar-refractivity contribution >= 4 is 86.7 Å². The van der Waals surface area contributed by atoms with Crippen molar-refractivity contribution in [2.24, 2.45) is 17.6 Å². The molecule has 14 N–H and O–H groups in total. The maximum absolute atomic E-state index is 14.8. The number of aliphatic hydroxyl groups excluding tert-OH is 2. The number of amides is 10. The predicted octanol–water partition coefficient (Wildman–Crippen LogP) is -4.04. The summed E-state index contributed by atoms with van der Waals surface area (Å²) in [5, 5.41) is 52.5. The Morgan fingerprint density at radius 3 is 2.24 bits per heavy atom. The van der Waals surface area contributed by atoms with Crippen LogP contribution in [0, 0.1) is 11.8 Å². The second-order valence-corrected chi connectivity index (χ2v) is 20.4. The second-order valence-electron chi connectivity index (χ2n) is 19.0. The Balaban J connectivity index is 1.64. The minimum absolute atomic E-state index is 0.0252. The number of primary amides is 1. The molecule has 0 aliphatic carbocycles. The summed E-state index contributed by atoms with van der Waals surface area (Å²) in [4.78, 5) is 153. The van der Waals surface area contributed by atoms with Gasteiger partial charge in [-0.2, -0.15) is 0 Å². The van der Waals surface area contributed by atoms with Crippen LogP contribution in [-0.2, 0) is 69.9 Å². The number of carbonyl (C=O) groups is 11. The Morgan fingerprint density at radius 1 is 0.867 bits per heavy atom. The quantitative estimate of drug-likeness (QED) is 0.0801. The summed E-state index contributed by atoms with van der Waals surface area (Å²) in [6, 6.07) is -6.34. The van der Waals surface area contributed by atoms with Gasteiger partial charge in [-0.25, -0.2) is 4.79 Å². The van der Waals surface area contributed by atoms with Crippen LogP contribution in [0.5, 0.6) is 5.75 Å². The molecular weight excluding hydrogens is 1010 g/mol. The van der Waals surface area contributed by atoms with Gasteiger partial charge in [0.1, 0.15) is 59.4 Å². The van der Waals surface area contributed by atoms with E-state index in [0.29, 0.717) is 32.1 Å². The summed E-state index contributed by atoms with van der Waals surface area (Å²) >= 11 is 0. The number of unbranched alkanes of at least 4 members (excludes halogenated alkanes) is 2. The fourth-order valence-corrected chi connectivity index (χ4v) is 10.2. The first-order valence-corrected chi connectivity index (χ1v) is 25.9. The minimum atomic E-state index is -2.42. The molecular formula is C47H67N11O16S. The number of hydrogen-bond acceptors (Lipinski definition) is 16. The van der Waals surface area contributed by atoms with E-state index < -0.39 is 182 Å². The molecule has 10 amide bonds. The van der Waals surface area contributed by atoms with Crippen LogP contribution in [-0.4, -0.2) is 181 Å². The molecule has 0 saturated carbocycles. The molecule has 412 valence electrons. The van der Waals surface area contributed by atoms with E-state index in [1.54, 1.807) is 13.8 Å². The van der Waals surface area contributed by atoms with E-state index >= 15 is 0 Å². The van der Waals surface area contributed by atoms with E-state index in [-0.39, 0.29) is 39.6 Å². The zero-order valence-electron chi connectivity index (χ0n) is 42.0. The number of ether oxygens (including phenoxy) is 1. The summed E-state index contributed by atoms with van der Waals surface area (Å²) in [5.41, 5.74) is 5.73. The highest BCUT2D eigenvalue weighted by atomic mass is 32.2. The number of benzene rings is 1. The fraction of sp³-hybridized carbons (Fsp3) is 0.596. The Bertz CT molecular complexity index is 2540. The number of ketones is 1. The molecule has 0 spiro atoms. The third kappa shape index (κ3) is 16.1. The molecule has 1 fully saturated rings. The van der Waals surface area contributed by atoms with Crippen molar-refractivity contribution in [3.8, 4) is 5.75 Å². The van der Waals surface area contributed by atoms with Gasteiger partial charge >= 0.3 is 6.09 Å². The summed E-state index contributed by atoms with van der Waals surface area (Å²) in [7, 11) is -2.42. The van der Waals surface area contributed by atoms with Crippen molar-refractivity contribution in [3.63, 3.8) is 0 Å². The minimum Gasteiger partial charge on any atom is -0.508 e. The van der Waals surface area contributed by atoms with Crippen LogP contribution in [0.15, 0.2) is 23.2 Å². The van der Waals surface area contributed by atoms with Crippen molar-refractivity contribution in [2.75, 3.05) is 38.5 Å². The zero-order chi connectivity index (χ0) is 55.3. The van der Waals surface area contributed by atoms with Gasteiger partial charge in [-0.15, -0.1) is 0 Å². The van der Waals surface area contributed by atoms with Gasteiger partial charge in [-0.05, 0) is 43.4 Å². The Morgan fingerprint density at radius 2 is 1.56 bits per heavy atom. The first-order valence-electron chi connectivity index (χ1n) is 24.6. The topological polar surface area (TPSA) is 416 Å². The predicted molar refractivity (Wildman–Crippen MR) is 264 cm³/mol. The molecule has 11 atom stereocenters. The second kappa shape index (κ2) is 26.8. The van der Waals surface area contributed by atoms with Crippen LogP contribution < -0.4 is 48.3 Å². The van der Waals surface area contributed by atoms with Gasteiger partial charge in [0.05, 0.1) is 53.8 Å². The lowest BCUT2D eigenvalue weighted by atomic mass is 9.93. The van der Waals surface area contributed by atoms with Gasteiger partial charge in [0.25, 0.3) is 0 Å². The molecule has 1 aromatic heterocycles. The average Bonchev–Trinajstić information content (AvgIpc) is 3.93. The number of Topliss-reactive ketones (excluding diaryl/α,β-unsaturated/α-hetero) is 1. The lowest BCUT2D eigenvalue weighted by Gasteiger charge is -2.33. The average molecular weight is 1070 g/mol. The highest BCUT2D eigenvalue weighted by molar-refractivity contribution is 7.85. The summed E-state index contributed by atoms with van der Waals surface area (Å²) in [5.74, 6) is -12.5. The van der Waals surface area contributed by atoms with Crippen molar-refractivity contribution in [1.82, 2.24) is 52.4 Å². The maximum atomic E-state index is 14.8. The number of nitrogens with one attached hydrogen (secondary N) is 9. The van der Waals surface area contributed by atoms with Crippen LogP contribution in [0.2, 0.25) is 0 Å². The summed E-state index contributed by atoms with van der Waals surface area (Å²) < 4.78 is 20.0. The van der Waals surface area contributed by atoms with E-state index in [2.05, 4.69) is 47.5 Å². The Labute approximate surface area is 433 Å². The molecule has 3 aliphatic heterocycles. The third-order valence-electron chi connectivity index (χ3n) is 13.2. The largest absolute Gasteiger partial charge is 0.508 e. The molecule has 2 aromatic rings. The van der Waals surface area contributed by atoms with Gasteiger partial charge in [-0.1, -0.05) is 33.6 Å². The van der Waals surface area contributed by atoms with Gasteiger partial charge in [0.15, 0.2) is 0 Å². The molecule has 28 heteroatoms. The smallest absolute Gasteiger partial charge is 0.407 e. The molecule has 11 unspecified atom stereocenters. The molecule has 27 nitrogen and oxygen atoms in total. The third-order valence-corrected chi connectivity index (χ3v) is 14.6. The number of aliphatic hydroxyl groups is 2. The number of nitrogens with zero attached hydrogens (tertiary/aromatic N) is 1. The van der Waals surface area contributed by atoms with Gasteiger partial charge in [0, 0.05) is 49.7 Å². The summed E-state index contributed by atoms with van der Waals surface area (Å²) in [6.45, 7) is 3.43. The van der Waals surface area contributed by atoms with Crippen LogP contribution in [0.1, 0.15) is 78.2 Å². The number of phenolic OH excluding ortho intramolecular Hbond substituents is 1. The number of aromatic hydroxyl groups is 1. The fourth-order valence-electron chi connectivity index (χ4n) is 8.77. The number of H-pyrrole nitrogens is 1. The number of nitrogens with two attached hydrogens (primary N) is 1. The van der Waals surface area contributed by atoms with Gasteiger partial charge in [0.2, 0.25) is 53.2 Å². The molecule has 75 heavy (non-hydrogen) atoms. The van der Waals surface area contributed by atoms with Crippen LogP contribution in [0.4, 0.5) is 4.79 Å². The monoisotopic (exact) mass is 1070 g/mol. The highest BCUT2D eigenvalue weighted by Crippen LogP contribution is 2.30. The normalized spacial score (nSPS) is 25.9. The van der Waals surface area contributed by atoms with Gasteiger partial charge in [-0.3, -0.25) is 47.4 Å². The first-order chi connectivity index (χ1) is 35.5. The molecule has 1 aromatic carbocycles. The summed E-state index contributed by atoms with van der Waals surface area (Å²) in [6.07, 6.45) is -3.50. The molecule has 3 aliphatic rings. The highest BCUT2D eigenvalue weighted by Gasteiger charge is 2.45. The number of phenols is 1.